The molecule has 0 radical (unpaired) electrons. The van der Waals surface area contributed by atoms with Crippen molar-refractivity contribution in [2.75, 3.05) is 11.5 Å². The number of pyridine rings is 1. The Morgan fingerprint density at radius 2 is 1.32 bits per heavy atom. The first-order valence-corrected chi connectivity index (χ1v) is 26.5. The van der Waals surface area contributed by atoms with Gasteiger partial charge in [0.25, 0.3) is 11.2 Å². The first-order valence-electron chi connectivity index (χ1n) is 25.8. The van der Waals surface area contributed by atoms with Gasteiger partial charge in [0.2, 0.25) is 0 Å². The summed E-state index contributed by atoms with van der Waals surface area (Å²) in [5, 5.41) is 21.9. The molecule has 72 heavy (non-hydrogen) atoms. The van der Waals surface area contributed by atoms with Crippen LogP contribution in [0, 0.1) is 39.7 Å². The standard InChI is InChI=1S/C61H60N6O4S/c1-6-8-10-12-14-16-20-39-33-45(59-64-58-48(65(59)5)30-38(23-22-36(3)4)32-50(58)67(70)71)53-41(35-68)24-25-42-52-40(21-17-15-13-11-9-7-2)34-46-54-44(27-26-43(56(52)54)51(39)55(42)53)61(69)66-49-31-37(19-18-28-72)29-47(62)57(49)63-60(46)66/h24-27,29-36,72H,6-17,20-21,28,62H2,1-5H3. The Morgan fingerprint density at radius 1 is 0.708 bits per heavy atom. The van der Waals surface area contributed by atoms with Gasteiger partial charge in [-0.15, -0.1) is 0 Å². The van der Waals surface area contributed by atoms with Crippen LogP contribution in [0.25, 0.3) is 93.0 Å². The fraction of sp³-hybridized carbons (Fsp3) is 0.344. The van der Waals surface area contributed by atoms with Gasteiger partial charge < -0.3 is 10.3 Å². The highest BCUT2D eigenvalue weighted by atomic mass is 32.1. The van der Waals surface area contributed by atoms with Crippen LogP contribution in [-0.4, -0.2) is 35.9 Å². The number of nitro groups is 1. The summed E-state index contributed by atoms with van der Waals surface area (Å²) < 4.78 is 3.64. The molecule has 3 aromatic heterocycles. The highest BCUT2D eigenvalue weighted by Gasteiger charge is 2.29. The fourth-order valence-electron chi connectivity index (χ4n) is 11.4. The Kier molecular flexibility index (Phi) is 13.5. The lowest BCUT2D eigenvalue weighted by Gasteiger charge is -2.23. The molecule has 0 fully saturated rings. The summed E-state index contributed by atoms with van der Waals surface area (Å²) >= 11 is 4.29. The molecule has 0 bridgehead atoms. The van der Waals surface area contributed by atoms with Crippen molar-refractivity contribution in [1.29, 1.82) is 0 Å². The normalized spacial score (nSPS) is 11.9. The number of aldehydes is 1. The summed E-state index contributed by atoms with van der Waals surface area (Å²) in [6.45, 7) is 8.44. The monoisotopic (exact) mass is 972 g/mol. The Hall–Kier alpha value is -7.21. The van der Waals surface area contributed by atoms with Gasteiger partial charge in [-0.25, -0.2) is 9.97 Å². The van der Waals surface area contributed by atoms with E-state index in [1.807, 2.05) is 55.8 Å². The number of carbonyl (C=O) groups excluding carboxylic acids is 1. The van der Waals surface area contributed by atoms with E-state index in [1.165, 1.54) is 38.2 Å². The Morgan fingerprint density at radius 3 is 1.97 bits per heavy atom. The van der Waals surface area contributed by atoms with Gasteiger partial charge in [0.1, 0.15) is 17.0 Å². The number of hydrogen-bond acceptors (Lipinski definition) is 8. The number of aryl methyl sites for hydroxylation is 3. The number of nitrogen functional groups attached to an aromatic ring is 1. The summed E-state index contributed by atoms with van der Waals surface area (Å²) in [5.74, 6) is 13.5. The molecule has 0 unspecified atom stereocenters. The summed E-state index contributed by atoms with van der Waals surface area (Å²) in [7, 11) is 1.89. The number of imidazole rings is 2. The number of benzene rings is 7. The van der Waals surface area contributed by atoms with Crippen LogP contribution >= 0.6 is 12.6 Å². The van der Waals surface area contributed by atoms with Gasteiger partial charge in [0.05, 0.1) is 27.4 Å². The van der Waals surface area contributed by atoms with E-state index in [-0.39, 0.29) is 27.6 Å². The Labute approximate surface area is 424 Å². The SMILES string of the molecule is CCCCCCCCc1cc(-c2nc3c([N+](=O)[O-])cc(C#CC(C)C)cc3n2C)c2c(C=O)ccc3c4c(CCCCCCCC)cc5c6c(ccc(c1c23)c46)c(=O)n1c2cc(C#CCS)cc(N)c2nc51. The summed E-state index contributed by atoms with van der Waals surface area (Å²) in [5.41, 5.74) is 14.2. The molecule has 0 aliphatic rings. The number of nitrogens with two attached hydrogens (primary N) is 1. The van der Waals surface area contributed by atoms with Crippen LogP contribution < -0.4 is 11.3 Å². The number of nitrogens with zero attached hydrogens (tertiary/aromatic N) is 5. The maximum atomic E-state index is 15.2. The number of carbonyl (C=O) groups is 1. The Bertz CT molecular complexity index is 3990. The second-order valence-electron chi connectivity index (χ2n) is 19.9. The highest BCUT2D eigenvalue weighted by molar-refractivity contribution is 7.80. The minimum Gasteiger partial charge on any atom is -0.397 e. The molecular formula is C61H60N6O4S. The van der Waals surface area contributed by atoms with Crippen LogP contribution in [0.15, 0.2) is 65.5 Å². The summed E-state index contributed by atoms with van der Waals surface area (Å²) in [6.07, 6.45) is 15.9. The molecule has 0 aliphatic heterocycles. The molecule has 0 aliphatic carbocycles. The van der Waals surface area contributed by atoms with Crippen molar-refractivity contribution in [3.8, 4) is 35.1 Å². The van der Waals surface area contributed by atoms with Crippen molar-refractivity contribution in [3.05, 3.63) is 109 Å². The van der Waals surface area contributed by atoms with E-state index >= 15 is 4.79 Å². The number of hydrogen-bond donors (Lipinski definition) is 2. The number of fused-ring (bicyclic) bond motifs is 7. The van der Waals surface area contributed by atoms with E-state index in [0.29, 0.717) is 61.5 Å². The number of thiol groups is 1. The van der Waals surface area contributed by atoms with Gasteiger partial charge in [-0.2, -0.15) is 12.6 Å². The lowest BCUT2D eigenvalue weighted by atomic mass is 9.80. The van der Waals surface area contributed by atoms with Crippen molar-refractivity contribution in [2.24, 2.45) is 13.0 Å². The van der Waals surface area contributed by atoms with Crippen molar-refractivity contribution >= 4 is 112 Å². The highest BCUT2D eigenvalue weighted by Crippen LogP contribution is 2.50. The van der Waals surface area contributed by atoms with E-state index < -0.39 is 0 Å². The molecule has 0 amide bonds. The zero-order chi connectivity index (χ0) is 50.4. The van der Waals surface area contributed by atoms with E-state index in [2.05, 4.69) is 74.4 Å². The Balaban J connectivity index is 1.33. The van der Waals surface area contributed by atoms with Gasteiger partial charge in [0, 0.05) is 62.8 Å². The van der Waals surface area contributed by atoms with Gasteiger partial charge in [-0.1, -0.05) is 134 Å². The molecule has 0 saturated heterocycles. The largest absolute Gasteiger partial charge is 0.397 e. The van der Waals surface area contributed by atoms with E-state index in [9.17, 15) is 14.9 Å². The van der Waals surface area contributed by atoms with Crippen LogP contribution in [0.2, 0.25) is 0 Å². The summed E-state index contributed by atoms with van der Waals surface area (Å²) in [4.78, 5) is 51.3. The minimum absolute atomic E-state index is 0.0787. The fourth-order valence-corrected chi connectivity index (χ4v) is 11.5. The molecule has 0 saturated carbocycles. The topological polar surface area (TPSA) is 138 Å². The lowest BCUT2D eigenvalue weighted by Crippen LogP contribution is -2.14. The molecule has 2 N–H and O–H groups in total. The van der Waals surface area contributed by atoms with Crippen LogP contribution in [0.5, 0.6) is 0 Å². The first-order chi connectivity index (χ1) is 35.0. The zero-order valence-corrected chi connectivity index (χ0v) is 42.8. The third kappa shape index (κ3) is 8.32. The van der Waals surface area contributed by atoms with Gasteiger partial charge >= 0.3 is 0 Å². The number of aromatic nitrogens is 4. The van der Waals surface area contributed by atoms with Crippen LogP contribution in [0.3, 0.4) is 0 Å². The average Bonchev–Trinajstić information content (AvgIpc) is 3.93. The molecule has 0 spiro atoms. The molecule has 364 valence electrons. The smallest absolute Gasteiger partial charge is 0.298 e. The van der Waals surface area contributed by atoms with Crippen molar-refractivity contribution in [2.45, 2.75) is 118 Å². The number of non-ortho nitro benzene ring substituents is 1. The maximum absolute atomic E-state index is 15.2. The van der Waals surface area contributed by atoms with Crippen molar-refractivity contribution < 1.29 is 9.72 Å². The van der Waals surface area contributed by atoms with Crippen molar-refractivity contribution in [3.63, 3.8) is 0 Å². The number of unbranched alkanes of at least 4 members (excludes halogenated alkanes) is 10. The molecule has 7 aromatic carbocycles. The van der Waals surface area contributed by atoms with E-state index in [4.69, 9.17) is 15.7 Å². The molecule has 0 atom stereocenters. The number of nitro benzene ring substituents is 1. The van der Waals surface area contributed by atoms with Crippen LogP contribution in [-0.2, 0) is 19.9 Å². The van der Waals surface area contributed by atoms with Gasteiger partial charge in [-0.3, -0.25) is 24.1 Å². The second-order valence-corrected chi connectivity index (χ2v) is 20.3. The maximum Gasteiger partial charge on any atom is 0.298 e. The van der Waals surface area contributed by atoms with E-state index in [0.717, 1.165) is 129 Å². The molecule has 10 nitrogen and oxygen atoms in total. The average molecular weight is 973 g/mol. The van der Waals surface area contributed by atoms with Gasteiger partial charge in [-0.05, 0) is 106 Å². The van der Waals surface area contributed by atoms with E-state index in [1.54, 1.807) is 4.40 Å². The van der Waals surface area contributed by atoms with Crippen LogP contribution in [0.1, 0.15) is 137 Å². The number of rotatable bonds is 17. The van der Waals surface area contributed by atoms with Crippen LogP contribution in [0.4, 0.5) is 11.4 Å². The quantitative estimate of drug-likeness (QED) is 0.0107. The zero-order valence-electron chi connectivity index (χ0n) is 41.9. The van der Waals surface area contributed by atoms with Crippen molar-refractivity contribution in [1.82, 2.24) is 18.9 Å². The predicted molar refractivity (Wildman–Crippen MR) is 302 cm³/mol. The molecular weight excluding hydrogens is 913 g/mol. The summed E-state index contributed by atoms with van der Waals surface area (Å²) in [6, 6.07) is 19.6. The lowest BCUT2D eigenvalue weighted by molar-refractivity contribution is -0.383. The van der Waals surface area contributed by atoms with Gasteiger partial charge in [0.15, 0.2) is 11.8 Å². The third-order valence-corrected chi connectivity index (χ3v) is 14.9. The third-order valence-electron chi connectivity index (χ3n) is 14.7. The molecule has 11 heteroatoms. The first kappa shape index (κ1) is 48.4. The second kappa shape index (κ2) is 20.1. The molecule has 3 heterocycles. The minimum atomic E-state index is -0.385. The number of anilines is 1. The molecule has 10 rings (SSSR count). The predicted octanol–water partition coefficient (Wildman–Crippen LogP) is 14.4. The molecule has 10 aromatic rings.